The van der Waals surface area contributed by atoms with Gasteiger partial charge in [-0.2, -0.15) is 5.10 Å². The highest BCUT2D eigenvalue weighted by atomic mass is 16.7. The molecule has 6 heteroatoms. The minimum atomic E-state index is 0.208. The molecule has 0 unspecified atom stereocenters. The third kappa shape index (κ3) is 2.99. The van der Waals surface area contributed by atoms with Gasteiger partial charge in [0.15, 0.2) is 11.5 Å². The van der Waals surface area contributed by atoms with Crippen molar-refractivity contribution in [2.24, 2.45) is 7.05 Å². The van der Waals surface area contributed by atoms with Gasteiger partial charge >= 0.3 is 0 Å². The Morgan fingerprint density at radius 3 is 2.78 bits per heavy atom. The molecule has 1 atom stereocenters. The molecule has 0 aliphatic carbocycles. The summed E-state index contributed by atoms with van der Waals surface area (Å²) in [4.78, 5) is 2.10. The van der Waals surface area contributed by atoms with Crippen molar-refractivity contribution in [1.29, 1.82) is 0 Å². The smallest absolute Gasteiger partial charge is 0.231 e. The molecule has 0 bridgehead atoms. The van der Waals surface area contributed by atoms with E-state index in [0.717, 1.165) is 29.6 Å². The molecule has 1 aliphatic heterocycles. The van der Waals surface area contributed by atoms with Crippen LogP contribution in [0.5, 0.6) is 11.5 Å². The van der Waals surface area contributed by atoms with E-state index >= 15 is 0 Å². The van der Waals surface area contributed by atoms with E-state index in [-0.39, 0.29) is 6.04 Å². The summed E-state index contributed by atoms with van der Waals surface area (Å²) in [5.41, 5.74) is 3.47. The molecule has 0 saturated carbocycles. The van der Waals surface area contributed by atoms with Crippen molar-refractivity contribution in [3.63, 3.8) is 0 Å². The van der Waals surface area contributed by atoms with Crippen LogP contribution in [-0.2, 0) is 13.6 Å². The number of nitrogens with zero attached hydrogens (tertiary/aromatic N) is 3. The first-order chi connectivity index (χ1) is 11.0. The number of aryl methyl sites for hydroxylation is 2. The zero-order chi connectivity index (χ0) is 16.6. The lowest BCUT2D eigenvalue weighted by Gasteiger charge is -2.18. The predicted octanol–water partition coefficient (Wildman–Crippen LogP) is 2.37. The molecule has 0 radical (unpaired) electrons. The van der Waals surface area contributed by atoms with E-state index in [1.165, 1.54) is 11.1 Å². The highest BCUT2D eigenvalue weighted by Crippen LogP contribution is 2.34. The molecule has 2 heterocycles. The maximum Gasteiger partial charge on any atom is 0.231 e. The van der Waals surface area contributed by atoms with Crippen LogP contribution in [-0.4, -0.2) is 30.7 Å². The summed E-state index contributed by atoms with van der Waals surface area (Å²) in [7, 11) is 6.07. The lowest BCUT2D eigenvalue weighted by molar-refractivity contribution is 0.174. The Kier molecular flexibility index (Phi) is 4.17. The quantitative estimate of drug-likeness (QED) is 0.918. The Hall–Kier alpha value is -2.21. The van der Waals surface area contributed by atoms with Gasteiger partial charge in [0.2, 0.25) is 6.79 Å². The molecule has 6 nitrogen and oxygen atoms in total. The van der Waals surface area contributed by atoms with E-state index in [1.54, 1.807) is 0 Å². The second kappa shape index (κ2) is 6.12. The van der Waals surface area contributed by atoms with Gasteiger partial charge in [-0.15, -0.1) is 0 Å². The van der Waals surface area contributed by atoms with E-state index in [0.29, 0.717) is 6.79 Å². The van der Waals surface area contributed by atoms with Gasteiger partial charge < -0.3 is 19.7 Å². The maximum absolute atomic E-state index is 5.46. The Bertz CT molecular complexity index is 709. The molecule has 0 amide bonds. The number of anilines is 1. The topological polar surface area (TPSA) is 51.6 Å². The predicted molar refractivity (Wildman–Crippen MR) is 90.1 cm³/mol. The van der Waals surface area contributed by atoms with Crippen LogP contribution < -0.4 is 19.7 Å². The van der Waals surface area contributed by atoms with Crippen LogP contribution in [0.25, 0.3) is 0 Å². The second-order valence-corrected chi connectivity index (χ2v) is 6.12. The van der Waals surface area contributed by atoms with Crippen LogP contribution in [0.2, 0.25) is 0 Å². The SMILES string of the molecule is Cc1nn(C)c(N(C)C)c1CN[C@H](C)c1ccc2c(c1)OCO2. The van der Waals surface area contributed by atoms with Crippen molar-refractivity contribution in [1.82, 2.24) is 15.1 Å². The standard InChI is InChI=1S/C17H24N4O2/c1-11(13-6-7-15-16(8-13)23-10-22-15)18-9-14-12(2)19-21(5)17(14)20(3)4/h6-8,11,18H,9-10H2,1-5H3/t11-/m1/s1. The normalized spacial score (nSPS) is 14.1. The second-order valence-electron chi connectivity index (χ2n) is 6.12. The molecule has 0 saturated heterocycles. The van der Waals surface area contributed by atoms with Gasteiger partial charge in [-0.25, -0.2) is 0 Å². The zero-order valence-electron chi connectivity index (χ0n) is 14.4. The van der Waals surface area contributed by atoms with Gasteiger partial charge in [0, 0.05) is 39.3 Å². The molecule has 1 aromatic heterocycles. The van der Waals surface area contributed by atoms with Gasteiger partial charge in [-0.3, -0.25) is 4.68 Å². The Morgan fingerprint density at radius 2 is 2.04 bits per heavy atom. The Labute approximate surface area is 137 Å². The van der Waals surface area contributed by atoms with Gasteiger partial charge in [-0.05, 0) is 31.5 Å². The minimum absolute atomic E-state index is 0.208. The van der Waals surface area contributed by atoms with Crippen molar-refractivity contribution in [2.75, 3.05) is 25.8 Å². The van der Waals surface area contributed by atoms with Gasteiger partial charge in [0.25, 0.3) is 0 Å². The molecular weight excluding hydrogens is 292 g/mol. The van der Waals surface area contributed by atoms with E-state index in [9.17, 15) is 0 Å². The maximum atomic E-state index is 5.46. The van der Waals surface area contributed by atoms with Gasteiger partial charge in [-0.1, -0.05) is 6.07 Å². The van der Waals surface area contributed by atoms with Crippen LogP contribution >= 0.6 is 0 Å². The molecule has 1 N–H and O–H groups in total. The van der Waals surface area contributed by atoms with Crippen LogP contribution in [0.3, 0.4) is 0 Å². The summed E-state index contributed by atoms with van der Waals surface area (Å²) in [5, 5.41) is 8.11. The molecule has 1 aliphatic rings. The molecule has 2 aromatic rings. The summed E-state index contributed by atoms with van der Waals surface area (Å²) in [6.45, 7) is 5.28. The highest BCUT2D eigenvalue weighted by Gasteiger charge is 2.18. The first-order valence-electron chi connectivity index (χ1n) is 7.80. The van der Waals surface area contributed by atoms with E-state index in [1.807, 2.05) is 38.0 Å². The fraction of sp³-hybridized carbons (Fsp3) is 0.471. The van der Waals surface area contributed by atoms with Crippen molar-refractivity contribution >= 4 is 5.82 Å². The van der Waals surface area contributed by atoms with Crippen LogP contribution in [0, 0.1) is 6.92 Å². The van der Waals surface area contributed by atoms with Crippen LogP contribution in [0.4, 0.5) is 5.82 Å². The fourth-order valence-corrected chi connectivity index (χ4v) is 3.01. The van der Waals surface area contributed by atoms with Crippen LogP contribution in [0.1, 0.15) is 29.8 Å². The van der Waals surface area contributed by atoms with E-state index < -0.39 is 0 Å². The average Bonchev–Trinajstić information content (AvgIpc) is 3.07. The number of benzene rings is 1. The zero-order valence-corrected chi connectivity index (χ0v) is 14.4. The number of hydrogen-bond acceptors (Lipinski definition) is 5. The van der Waals surface area contributed by atoms with Gasteiger partial charge in [0.1, 0.15) is 5.82 Å². The van der Waals surface area contributed by atoms with Crippen molar-refractivity contribution in [3.8, 4) is 11.5 Å². The lowest BCUT2D eigenvalue weighted by Crippen LogP contribution is -2.21. The first-order valence-corrected chi connectivity index (χ1v) is 7.80. The number of hydrogen-bond donors (Lipinski definition) is 1. The van der Waals surface area contributed by atoms with Gasteiger partial charge in [0.05, 0.1) is 5.69 Å². The molecule has 1 aromatic carbocycles. The third-order valence-electron chi connectivity index (χ3n) is 4.22. The van der Waals surface area contributed by atoms with Crippen LogP contribution in [0.15, 0.2) is 18.2 Å². The molecule has 3 rings (SSSR count). The minimum Gasteiger partial charge on any atom is -0.454 e. The molecule has 23 heavy (non-hydrogen) atoms. The Balaban J connectivity index is 1.73. The first kappa shape index (κ1) is 15.7. The van der Waals surface area contributed by atoms with Crippen molar-refractivity contribution in [2.45, 2.75) is 26.4 Å². The fourth-order valence-electron chi connectivity index (χ4n) is 3.01. The van der Waals surface area contributed by atoms with E-state index in [2.05, 4.69) is 35.2 Å². The molecule has 0 spiro atoms. The monoisotopic (exact) mass is 316 g/mol. The van der Waals surface area contributed by atoms with E-state index in [4.69, 9.17) is 9.47 Å². The molecular formula is C17H24N4O2. The molecule has 0 fully saturated rings. The highest BCUT2D eigenvalue weighted by molar-refractivity contribution is 5.49. The number of fused-ring (bicyclic) bond motifs is 1. The summed E-state index contributed by atoms with van der Waals surface area (Å²) in [6.07, 6.45) is 0. The number of aromatic nitrogens is 2. The summed E-state index contributed by atoms with van der Waals surface area (Å²) < 4.78 is 12.7. The number of ether oxygens (including phenoxy) is 2. The summed E-state index contributed by atoms with van der Waals surface area (Å²) >= 11 is 0. The lowest BCUT2D eigenvalue weighted by atomic mass is 10.1. The van der Waals surface area contributed by atoms with Crippen molar-refractivity contribution in [3.05, 3.63) is 35.0 Å². The summed E-state index contributed by atoms with van der Waals surface area (Å²) in [6, 6.07) is 6.30. The third-order valence-corrected chi connectivity index (χ3v) is 4.22. The largest absolute Gasteiger partial charge is 0.454 e. The van der Waals surface area contributed by atoms with Crippen molar-refractivity contribution < 1.29 is 9.47 Å². The summed E-state index contributed by atoms with van der Waals surface area (Å²) in [5.74, 6) is 2.77. The number of rotatable bonds is 5. The Morgan fingerprint density at radius 1 is 1.30 bits per heavy atom. The molecule has 124 valence electrons. The number of nitrogens with one attached hydrogen (secondary N) is 1. The average molecular weight is 316 g/mol.